The van der Waals surface area contributed by atoms with Gasteiger partial charge in [-0.2, -0.15) is 0 Å². The zero-order valence-corrected chi connectivity index (χ0v) is 33.2. The van der Waals surface area contributed by atoms with Gasteiger partial charge in [0.25, 0.3) is 0 Å². The quantitative estimate of drug-likeness (QED) is 0.161. The number of hydrogen-bond donors (Lipinski definition) is 0. The Morgan fingerprint density at radius 2 is 0.885 bits per heavy atom. The fraction of sp³-hybridized carbons (Fsp3) is 0. The van der Waals surface area contributed by atoms with Gasteiger partial charge in [0.05, 0.1) is 16.7 Å². The second kappa shape index (κ2) is 14.3. The van der Waals surface area contributed by atoms with Crippen molar-refractivity contribution in [1.82, 2.24) is 4.57 Å². The van der Waals surface area contributed by atoms with Crippen molar-refractivity contribution in [3.8, 4) is 39.1 Å². The predicted octanol–water partition coefficient (Wildman–Crippen LogP) is 16.3. The molecule has 0 fully saturated rings. The van der Waals surface area contributed by atoms with Crippen LogP contribution >= 0.6 is 0 Å². The molecule has 0 aliphatic rings. The molecule has 61 heavy (non-hydrogen) atoms. The van der Waals surface area contributed by atoms with Crippen LogP contribution in [0.1, 0.15) is 0 Å². The van der Waals surface area contributed by atoms with Crippen molar-refractivity contribution in [2.24, 2.45) is 0 Å². The molecule has 0 amide bonds. The highest BCUT2D eigenvalue weighted by Gasteiger charge is 2.20. The van der Waals surface area contributed by atoms with Gasteiger partial charge in [-0.1, -0.05) is 170 Å². The average molecular weight is 779 g/mol. The molecule has 286 valence electrons. The zero-order chi connectivity index (χ0) is 40.3. The molecule has 3 heteroatoms. The minimum absolute atomic E-state index is 0.840. The molecule has 0 aliphatic heterocycles. The third-order valence-corrected chi connectivity index (χ3v) is 12.2. The zero-order valence-electron chi connectivity index (χ0n) is 33.2. The molecule has 12 rings (SSSR count). The molecule has 0 bridgehead atoms. The number of rotatable bonds is 7. The van der Waals surface area contributed by atoms with E-state index >= 15 is 0 Å². The maximum absolute atomic E-state index is 6.96. The van der Waals surface area contributed by atoms with E-state index in [2.05, 4.69) is 240 Å². The van der Waals surface area contributed by atoms with Crippen LogP contribution < -0.4 is 4.90 Å². The van der Waals surface area contributed by atoms with Crippen molar-refractivity contribution in [3.05, 3.63) is 231 Å². The van der Waals surface area contributed by atoms with Gasteiger partial charge in [-0.15, -0.1) is 0 Å². The summed E-state index contributed by atoms with van der Waals surface area (Å²) in [5, 5.41) is 7.11. The fourth-order valence-electron chi connectivity index (χ4n) is 9.37. The highest BCUT2D eigenvalue weighted by Crippen LogP contribution is 2.43. The summed E-state index contributed by atoms with van der Waals surface area (Å²) >= 11 is 0. The average Bonchev–Trinajstić information content (AvgIpc) is 3.88. The number of para-hydroxylation sites is 3. The van der Waals surface area contributed by atoms with E-state index in [0.29, 0.717) is 0 Å². The molecule has 12 aromatic rings. The first kappa shape index (κ1) is 34.9. The Labute approximate surface area is 353 Å². The summed E-state index contributed by atoms with van der Waals surface area (Å²) in [6.07, 6.45) is 0. The Hall–Kier alpha value is -8.14. The van der Waals surface area contributed by atoms with E-state index in [-0.39, 0.29) is 0 Å². The van der Waals surface area contributed by atoms with Gasteiger partial charge in [0.1, 0.15) is 5.58 Å². The van der Waals surface area contributed by atoms with Gasteiger partial charge in [-0.05, 0) is 98.8 Å². The summed E-state index contributed by atoms with van der Waals surface area (Å²) in [6.45, 7) is 0. The van der Waals surface area contributed by atoms with E-state index in [0.717, 1.165) is 61.3 Å². The summed E-state index contributed by atoms with van der Waals surface area (Å²) in [6, 6.07) is 82.7. The summed E-state index contributed by atoms with van der Waals surface area (Å²) in [5.74, 6) is 0. The lowest BCUT2D eigenvalue weighted by Gasteiger charge is -2.26. The van der Waals surface area contributed by atoms with Crippen LogP contribution in [0.15, 0.2) is 235 Å². The van der Waals surface area contributed by atoms with Crippen molar-refractivity contribution in [3.63, 3.8) is 0 Å². The Bertz CT molecular complexity index is 3510. The second-order valence-electron chi connectivity index (χ2n) is 15.7. The first-order chi connectivity index (χ1) is 30.3. The standard InChI is InChI=1S/C58H38N2O/c1-3-14-39(15-4-1)40-26-31-44(32-27-40)59(45-33-28-42(29-34-45)48-36-30-41-16-7-8-19-47(41)57(48)43-17-5-2-6-18-43)46-35-37-51-52-22-13-25-55(58(52)61-56(51)38-46)60-53-23-11-9-20-49(53)50-21-10-12-24-54(50)60/h1-38H. The van der Waals surface area contributed by atoms with Crippen LogP contribution in [0.4, 0.5) is 17.1 Å². The van der Waals surface area contributed by atoms with Gasteiger partial charge < -0.3 is 13.9 Å². The van der Waals surface area contributed by atoms with Crippen molar-refractivity contribution in [1.29, 1.82) is 0 Å². The number of nitrogens with zero attached hydrogens (tertiary/aromatic N) is 2. The van der Waals surface area contributed by atoms with Gasteiger partial charge in [-0.3, -0.25) is 0 Å². The van der Waals surface area contributed by atoms with Crippen molar-refractivity contribution < 1.29 is 4.42 Å². The Morgan fingerprint density at radius 3 is 1.57 bits per heavy atom. The van der Waals surface area contributed by atoms with Crippen LogP contribution in [0, 0.1) is 0 Å². The third kappa shape index (κ3) is 5.82. The Balaban J connectivity index is 1.01. The number of furan rings is 1. The fourth-order valence-corrected chi connectivity index (χ4v) is 9.37. The lowest BCUT2D eigenvalue weighted by Crippen LogP contribution is -2.09. The Morgan fingerprint density at radius 1 is 0.344 bits per heavy atom. The molecule has 0 spiro atoms. The summed E-state index contributed by atoms with van der Waals surface area (Å²) in [7, 11) is 0. The topological polar surface area (TPSA) is 21.3 Å². The van der Waals surface area contributed by atoms with Gasteiger partial charge in [0.15, 0.2) is 5.58 Å². The maximum atomic E-state index is 6.96. The monoisotopic (exact) mass is 778 g/mol. The third-order valence-electron chi connectivity index (χ3n) is 12.2. The van der Waals surface area contributed by atoms with E-state index in [9.17, 15) is 0 Å². The van der Waals surface area contributed by atoms with Gasteiger partial charge in [-0.25, -0.2) is 0 Å². The lowest BCUT2D eigenvalue weighted by molar-refractivity contribution is 0.666. The first-order valence-corrected chi connectivity index (χ1v) is 20.8. The maximum Gasteiger partial charge on any atom is 0.159 e. The number of benzene rings is 10. The molecule has 0 atom stereocenters. The highest BCUT2D eigenvalue weighted by molar-refractivity contribution is 6.13. The molecule has 10 aromatic carbocycles. The molecule has 0 N–H and O–H groups in total. The summed E-state index contributed by atoms with van der Waals surface area (Å²) in [4.78, 5) is 2.33. The van der Waals surface area contributed by atoms with Crippen molar-refractivity contribution in [2.75, 3.05) is 4.90 Å². The number of aromatic nitrogens is 1. The summed E-state index contributed by atoms with van der Waals surface area (Å²) in [5.41, 5.74) is 15.4. The van der Waals surface area contributed by atoms with Crippen LogP contribution in [0.5, 0.6) is 0 Å². The van der Waals surface area contributed by atoms with E-state index in [1.165, 1.54) is 49.4 Å². The first-order valence-electron chi connectivity index (χ1n) is 20.8. The number of fused-ring (bicyclic) bond motifs is 7. The molecule has 0 saturated carbocycles. The van der Waals surface area contributed by atoms with E-state index in [1.807, 2.05) is 0 Å². The molecular weight excluding hydrogens is 741 g/mol. The molecule has 0 aliphatic carbocycles. The lowest BCUT2D eigenvalue weighted by atomic mass is 9.90. The number of anilines is 3. The van der Waals surface area contributed by atoms with Crippen molar-refractivity contribution >= 4 is 71.6 Å². The smallest absolute Gasteiger partial charge is 0.159 e. The minimum Gasteiger partial charge on any atom is -0.454 e. The molecular formula is C58H38N2O. The molecule has 2 aromatic heterocycles. The number of hydrogen-bond acceptors (Lipinski definition) is 2. The van der Waals surface area contributed by atoms with Gasteiger partial charge in [0, 0.05) is 44.7 Å². The minimum atomic E-state index is 0.840. The SMILES string of the molecule is c1ccc(-c2ccc(N(c3ccc(-c4ccc5ccccc5c4-c4ccccc4)cc3)c3ccc4c(c3)oc3c(-n5c6ccccc6c6ccccc65)cccc34)cc2)cc1. The van der Waals surface area contributed by atoms with Crippen LogP contribution in [0.3, 0.4) is 0 Å². The van der Waals surface area contributed by atoms with Crippen LogP contribution in [0.25, 0.3) is 93.6 Å². The molecule has 3 nitrogen and oxygen atoms in total. The predicted molar refractivity (Wildman–Crippen MR) is 257 cm³/mol. The van der Waals surface area contributed by atoms with E-state index < -0.39 is 0 Å². The molecule has 2 heterocycles. The molecule has 0 saturated heterocycles. The van der Waals surface area contributed by atoms with E-state index in [4.69, 9.17) is 4.42 Å². The normalized spacial score (nSPS) is 11.6. The largest absolute Gasteiger partial charge is 0.454 e. The van der Waals surface area contributed by atoms with Gasteiger partial charge >= 0.3 is 0 Å². The van der Waals surface area contributed by atoms with Crippen LogP contribution in [-0.4, -0.2) is 4.57 Å². The summed E-state index contributed by atoms with van der Waals surface area (Å²) < 4.78 is 9.31. The Kier molecular flexibility index (Phi) is 8.17. The molecule has 0 unspecified atom stereocenters. The molecule has 0 radical (unpaired) electrons. The van der Waals surface area contributed by atoms with Crippen LogP contribution in [-0.2, 0) is 0 Å². The second-order valence-corrected chi connectivity index (χ2v) is 15.7. The van der Waals surface area contributed by atoms with Gasteiger partial charge in [0.2, 0.25) is 0 Å². The van der Waals surface area contributed by atoms with E-state index in [1.54, 1.807) is 0 Å². The van der Waals surface area contributed by atoms with Crippen molar-refractivity contribution in [2.45, 2.75) is 0 Å². The highest BCUT2D eigenvalue weighted by atomic mass is 16.3. The van der Waals surface area contributed by atoms with Crippen LogP contribution in [0.2, 0.25) is 0 Å².